The summed E-state index contributed by atoms with van der Waals surface area (Å²) in [6.45, 7) is 2.01. The molecule has 1 unspecified atom stereocenters. The Morgan fingerprint density at radius 3 is 2.82 bits per heavy atom. The predicted octanol–water partition coefficient (Wildman–Crippen LogP) is 4.72. The van der Waals surface area contributed by atoms with E-state index < -0.39 is 0 Å². The summed E-state index contributed by atoms with van der Waals surface area (Å²) < 4.78 is 2.36. The summed E-state index contributed by atoms with van der Waals surface area (Å²) in [7, 11) is 0. The Hall–Kier alpha value is -2.38. The highest BCUT2D eigenvalue weighted by Gasteiger charge is 2.43. The minimum atomic E-state index is -0.356. The van der Waals surface area contributed by atoms with E-state index in [1.54, 1.807) is 23.0 Å². The zero-order valence-corrected chi connectivity index (χ0v) is 17.4. The van der Waals surface area contributed by atoms with E-state index in [9.17, 15) is 4.79 Å². The fourth-order valence-electron chi connectivity index (χ4n) is 3.71. The zero-order valence-electron chi connectivity index (χ0n) is 15.1. The van der Waals surface area contributed by atoms with Gasteiger partial charge in [0, 0.05) is 12.2 Å². The summed E-state index contributed by atoms with van der Waals surface area (Å²) >= 11 is 9.86. The van der Waals surface area contributed by atoms with Gasteiger partial charge < -0.3 is 10.2 Å². The van der Waals surface area contributed by atoms with Crippen LogP contribution in [0, 0.1) is 6.92 Å². The Morgan fingerprint density at radius 2 is 2.07 bits per heavy atom. The standard InChI is InChI=1S/C20H17BrClN5O/c1-11-4-2-5-13-17(11)24-19(26(20(13)28)12-7-8-12)15-10-16(21)25-27(15)18-14(22)6-3-9-23-18/h2-6,9-10,12,19,24H,7-8H2,1H3. The number of pyridine rings is 1. The van der Waals surface area contributed by atoms with Gasteiger partial charge in [0.15, 0.2) is 5.82 Å². The molecule has 0 saturated heterocycles. The lowest BCUT2D eigenvalue weighted by Gasteiger charge is -2.38. The number of hydrogen-bond acceptors (Lipinski definition) is 4. The molecule has 1 N–H and O–H groups in total. The van der Waals surface area contributed by atoms with Gasteiger partial charge in [0.05, 0.1) is 22.0 Å². The fraction of sp³-hybridized carbons (Fsp3) is 0.250. The molecule has 0 bridgehead atoms. The summed E-state index contributed by atoms with van der Waals surface area (Å²) in [5, 5.41) is 8.62. The summed E-state index contributed by atoms with van der Waals surface area (Å²) in [5.74, 6) is 0.575. The lowest BCUT2D eigenvalue weighted by atomic mass is 10.0. The highest BCUT2D eigenvalue weighted by molar-refractivity contribution is 9.10. The number of aromatic nitrogens is 3. The lowest BCUT2D eigenvalue weighted by Crippen LogP contribution is -2.45. The number of aryl methyl sites for hydroxylation is 1. The SMILES string of the molecule is Cc1cccc2c1NC(c1cc(Br)nn1-c1ncccc1Cl)N(C1CC1)C2=O. The van der Waals surface area contributed by atoms with E-state index in [1.807, 2.05) is 36.1 Å². The second-order valence-corrected chi connectivity index (χ2v) is 8.32. The molecular formula is C20H17BrClN5O. The second-order valence-electron chi connectivity index (χ2n) is 7.10. The number of amides is 1. The Labute approximate surface area is 175 Å². The van der Waals surface area contributed by atoms with Gasteiger partial charge in [0.2, 0.25) is 0 Å². The minimum absolute atomic E-state index is 0.0425. The first-order valence-electron chi connectivity index (χ1n) is 9.10. The van der Waals surface area contributed by atoms with Crippen molar-refractivity contribution in [2.75, 3.05) is 5.32 Å². The average molecular weight is 459 g/mol. The maximum absolute atomic E-state index is 13.4. The number of halogens is 2. The van der Waals surface area contributed by atoms with E-state index in [4.69, 9.17) is 11.6 Å². The number of benzene rings is 1. The largest absolute Gasteiger partial charge is 0.359 e. The minimum Gasteiger partial charge on any atom is -0.359 e. The Kier molecular flexibility index (Phi) is 4.17. The van der Waals surface area contributed by atoms with Crippen LogP contribution in [-0.2, 0) is 0 Å². The van der Waals surface area contributed by atoms with Gasteiger partial charge in [-0.25, -0.2) is 9.67 Å². The van der Waals surface area contributed by atoms with Gasteiger partial charge in [-0.2, -0.15) is 5.10 Å². The van der Waals surface area contributed by atoms with Gasteiger partial charge in [-0.3, -0.25) is 4.79 Å². The third kappa shape index (κ3) is 2.81. The van der Waals surface area contributed by atoms with Gasteiger partial charge >= 0.3 is 0 Å². The predicted molar refractivity (Wildman–Crippen MR) is 111 cm³/mol. The quantitative estimate of drug-likeness (QED) is 0.617. The number of nitrogens with zero attached hydrogens (tertiary/aromatic N) is 4. The molecular weight excluding hydrogens is 442 g/mol. The zero-order chi connectivity index (χ0) is 19.4. The Balaban J connectivity index is 1.68. The molecule has 2 aromatic heterocycles. The first kappa shape index (κ1) is 17.7. The van der Waals surface area contributed by atoms with Crippen LogP contribution in [0.1, 0.15) is 40.6 Å². The molecule has 28 heavy (non-hydrogen) atoms. The molecule has 5 rings (SSSR count). The van der Waals surface area contributed by atoms with Crippen LogP contribution < -0.4 is 5.32 Å². The highest BCUT2D eigenvalue weighted by atomic mass is 79.9. The molecule has 1 saturated carbocycles. The topological polar surface area (TPSA) is 63.1 Å². The molecule has 2 aliphatic rings. The molecule has 0 radical (unpaired) electrons. The number of carbonyl (C=O) groups excluding carboxylic acids is 1. The van der Waals surface area contributed by atoms with Crippen molar-refractivity contribution in [1.29, 1.82) is 0 Å². The smallest absolute Gasteiger partial charge is 0.258 e. The maximum Gasteiger partial charge on any atom is 0.258 e. The van der Waals surface area contributed by atoms with Crippen LogP contribution in [-0.4, -0.2) is 31.6 Å². The van der Waals surface area contributed by atoms with Crippen molar-refractivity contribution >= 4 is 39.1 Å². The summed E-state index contributed by atoms with van der Waals surface area (Å²) in [6.07, 6.45) is 3.33. The van der Waals surface area contributed by atoms with Gasteiger partial charge in [0.25, 0.3) is 5.91 Å². The number of carbonyl (C=O) groups is 1. The van der Waals surface area contributed by atoms with Crippen molar-refractivity contribution in [3.63, 3.8) is 0 Å². The van der Waals surface area contributed by atoms with E-state index in [-0.39, 0.29) is 18.1 Å². The highest BCUT2D eigenvalue weighted by Crippen LogP contribution is 2.42. The van der Waals surface area contributed by atoms with E-state index in [2.05, 4.69) is 31.3 Å². The molecule has 1 aromatic carbocycles. The van der Waals surface area contributed by atoms with Crippen LogP contribution >= 0.6 is 27.5 Å². The van der Waals surface area contributed by atoms with Gasteiger partial charge in [0.1, 0.15) is 10.8 Å². The van der Waals surface area contributed by atoms with Crippen molar-refractivity contribution < 1.29 is 4.79 Å². The summed E-state index contributed by atoms with van der Waals surface area (Å²) in [4.78, 5) is 19.7. The molecule has 1 amide bonds. The molecule has 3 heterocycles. The number of anilines is 1. The normalized spacial score (nSPS) is 18.8. The molecule has 1 fully saturated rings. The van der Waals surface area contributed by atoms with Crippen molar-refractivity contribution in [3.05, 3.63) is 69.0 Å². The Bertz CT molecular complexity index is 1090. The van der Waals surface area contributed by atoms with Gasteiger partial charge in [-0.1, -0.05) is 23.7 Å². The molecule has 1 aliphatic carbocycles. The van der Waals surface area contributed by atoms with Crippen LogP contribution in [0.5, 0.6) is 0 Å². The summed E-state index contributed by atoms with van der Waals surface area (Å²) in [5.41, 5.74) is 3.42. The molecule has 142 valence electrons. The average Bonchev–Trinajstić information content (AvgIpc) is 3.44. The maximum atomic E-state index is 13.4. The van der Waals surface area contributed by atoms with Crippen LogP contribution in [0.4, 0.5) is 5.69 Å². The van der Waals surface area contributed by atoms with E-state index >= 15 is 0 Å². The number of nitrogens with one attached hydrogen (secondary N) is 1. The first-order valence-corrected chi connectivity index (χ1v) is 10.3. The van der Waals surface area contributed by atoms with E-state index in [1.165, 1.54) is 0 Å². The molecule has 8 heteroatoms. The molecule has 1 aliphatic heterocycles. The first-order chi connectivity index (χ1) is 13.5. The fourth-order valence-corrected chi connectivity index (χ4v) is 4.30. The molecule has 0 spiro atoms. The number of hydrogen-bond donors (Lipinski definition) is 1. The van der Waals surface area contributed by atoms with Crippen molar-refractivity contribution in [3.8, 4) is 5.82 Å². The van der Waals surface area contributed by atoms with Gasteiger partial charge in [-0.15, -0.1) is 0 Å². The van der Waals surface area contributed by atoms with Crippen molar-refractivity contribution in [2.45, 2.75) is 32.0 Å². The second kappa shape index (κ2) is 6.60. The van der Waals surface area contributed by atoms with Crippen molar-refractivity contribution in [1.82, 2.24) is 19.7 Å². The summed E-state index contributed by atoms with van der Waals surface area (Å²) in [6, 6.07) is 11.5. The number of fused-ring (bicyclic) bond motifs is 1. The number of rotatable bonds is 3. The van der Waals surface area contributed by atoms with Crippen LogP contribution in [0.25, 0.3) is 5.82 Å². The molecule has 6 nitrogen and oxygen atoms in total. The van der Waals surface area contributed by atoms with Crippen LogP contribution in [0.15, 0.2) is 47.2 Å². The van der Waals surface area contributed by atoms with Crippen LogP contribution in [0.2, 0.25) is 5.02 Å². The van der Waals surface area contributed by atoms with Gasteiger partial charge in [-0.05, 0) is 65.5 Å². The lowest BCUT2D eigenvalue weighted by molar-refractivity contribution is 0.0660. The Morgan fingerprint density at radius 1 is 1.25 bits per heavy atom. The van der Waals surface area contributed by atoms with E-state index in [0.717, 1.165) is 29.8 Å². The van der Waals surface area contributed by atoms with Crippen molar-refractivity contribution in [2.24, 2.45) is 0 Å². The third-order valence-corrected chi connectivity index (χ3v) is 5.85. The molecule has 3 aromatic rings. The number of para-hydroxylation sites is 1. The van der Waals surface area contributed by atoms with Crippen LogP contribution in [0.3, 0.4) is 0 Å². The third-order valence-electron chi connectivity index (χ3n) is 5.16. The monoisotopic (exact) mass is 457 g/mol. The molecule has 1 atom stereocenters. The van der Waals surface area contributed by atoms with E-state index in [0.29, 0.717) is 21.0 Å².